The Balaban J connectivity index is 1.20. The highest BCUT2D eigenvalue weighted by Gasteiger charge is 2.32. The van der Waals surface area contributed by atoms with Crippen molar-refractivity contribution in [3.63, 3.8) is 0 Å². The Morgan fingerprint density at radius 3 is 2.65 bits per heavy atom. The fraction of sp³-hybridized carbons (Fsp3) is 0.208. The van der Waals surface area contributed by atoms with E-state index in [2.05, 4.69) is 11.1 Å². The molecule has 1 atom stereocenters. The van der Waals surface area contributed by atoms with Crippen LogP contribution in [0.15, 0.2) is 72.9 Å². The minimum absolute atomic E-state index is 0.00183. The van der Waals surface area contributed by atoms with Crippen molar-refractivity contribution in [3.8, 4) is 17.4 Å². The van der Waals surface area contributed by atoms with E-state index in [4.69, 9.17) is 14.5 Å². The van der Waals surface area contributed by atoms with Crippen molar-refractivity contribution in [2.75, 3.05) is 13.2 Å². The first-order valence-corrected chi connectivity index (χ1v) is 11.0. The second-order valence-electron chi connectivity index (χ2n) is 7.30. The molecular formula is C24H21N3O3S. The Hall–Kier alpha value is -3.45. The van der Waals surface area contributed by atoms with Gasteiger partial charge in [0.2, 0.25) is 5.88 Å². The summed E-state index contributed by atoms with van der Waals surface area (Å²) >= 11 is 1.67. The minimum atomic E-state index is -0.0180. The average molecular weight is 432 g/mol. The largest absolute Gasteiger partial charge is 0.484 e. The zero-order chi connectivity index (χ0) is 21.0. The number of carbonyl (C=O) groups excluding carboxylic acids is 1. The average Bonchev–Trinajstić information content (AvgIpc) is 3.46. The Kier molecular flexibility index (Phi) is 5.50. The molecule has 1 amide bonds. The van der Waals surface area contributed by atoms with Gasteiger partial charge in [-0.2, -0.15) is 0 Å². The maximum Gasteiger partial charge on any atom is 0.261 e. The summed E-state index contributed by atoms with van der Waals surface area (Å²) < 4.78 is 12.6. The smallest absolute Gasteiger partial charge is 0.261 e. The van der Waals surface area contributed by atoms with Crippen molar-refractivity contribution in [2.24, 2.45) is 0 Å². The Bertz CT molecular complexity index is 1140. The number of pyridine rings is 1. The summed E-state index contributed by atoms with van der Waals surface area (Å²) in [5.74, 6) is 1.79. The van der Waals surface area contributed by atoms with Crippen LogP contribution in [0.5, 0.6) is 17.4 Å². The molecule has 0 radical (unpaired) electrons. The molecule has 5 rings (SSSR count). The molecule has 1 saturated heterocycles. The number of amides is 1. The van der Waals surface area contributed by atoms with Crippen LogP contribution in [0.25, 0.3) is 10.2 Å². The standard InChI is InChI=1S/C24H21N3O3S/c28-23(16-29-17-10-12-18(13-11-17)30-22-9-3-4-14-25-22)27-15-5-7-20(27)24-26-19-6-1-2-8-21(19)31-24/h1-4,6,8-14,20H,5,7,15-16H2. The molecule has 4 aromatic rings. The number of fused-ring (bicyclic) bond motifs is 1. The summed E-state index contributed by atoms with van der Waals surface area (Å²) in [6.45, 7) is 0.738. The van der Waals surface area contributed by atoms with Crippen molar-refractivity contribution < 1.29 is 14.3 Å². The molecule has 31 heavy (non-hydrogen) atoms. The van der Waals surface area contributed by atoms with Gasteiger partial charge in [0.25, 0.3) is 5.91 Å². The third kappa shape index (κ3) is 4.36. The molecule has 6 nitrogen and oxygen atoms in total. The predicted molar refractivity (Wildman–Crippen MR) is 120 cm³/mol. The summed E-state index contributed by atoms with van der Waals surface area (Å²) in [6, 6.07) is 20.8. The van der Waals surface area contributed by atoms with Crippen LogP contribution < -0.4 is 9.47 Å². The van der Waals surface area contributed by atoms with E-state index in [1.807, 2.05) is 35.2 Å². The number of carbonyl (C=O) groups is 1. The second-order valence-corrected chi connectivity index (χ2v) is 8.36. The highest BCUT2D eigenvalue weighted by Crippen LogP contribution is 2.36. The zero-order valence-corrected chi connectivity index (χ0v) is 17.6. The quantitative estimate of drug-likeness (QED) is 0.418. The van der Waals surface area contributed by atoms with E-state index in [0.717, 1.165) is 34.6 Å². The molecule has 1 fully saturated rings. The molecule has 1 aliphatic heterocycles. The Morgan fingerprint density at radius 2 is 1.84 bits per heavy atom. The van der Waals surface area contributed by atoms with Gasteiger partial charge in [-0.25, -0.2) is 9.97 Å². The van der Waals surface area contributed by atoms with Crippen LogP contribution in [0.1, 0.15) is 23.9 Å². The van der Waals surface area contributed by atoms with E-state index in [1.54, 1.807) is 47.9 Å². The fourth-order valence-electron chi connectivity index (χ4n) is 3.71. The number of para-hydroxylation sites is 1. The minimum Gasteiger partial charge on any atom is -0.484 e. The third-order valence-electron chi connectivity index (χ3n) is 5.21. The monoisotopic (exact) mass is 431 g/mol. The van der Waals surface area contributed by atoms with E-state index >= 15 is 0 Å². The number of benzene rings is 2. The van der Waals surface area contributed by atoms with Crippen LogP contribution in [0.3, 0.4) is 0 Å². The summed E-state index contributed by atoms with van der Waals surface area (Å²) in [6.07, 6.45) is 3.59. The van der Waals surface area contributed by atoms with E-state index in [9.17, 15) is 4.79 Å². The first kappa shape index (κ1) is 19.5. The Labute approximate surface area is 184 Å². The van der Waals surface area contributed by atoms with Gasteiger partial charge in [-0.05, 0) is 55.3 Å². The molecule has 1 unspecified atom stereocenters. The lowest BCUT2D eigenvalue weighted by Gasteiger charge is -2.23. The molecule has 0 saturated carbocycles. The first-order valence-electron chi connectivity index (χ1n) is 10.2. The molecule has 0 aliphatic carbocycles. The first-order chi connectivity index (χ1) is 15.3. The summed E-state index contributed by atoms with van der Waals surface area (Å²) in [4.78, 5) is 23.7. The molecule has 0 spiro atoms. The van der Waals surface area contributed by atoms with Crippen LogP contribution in [0, 0.1) is 0 Å². The van der Waals surface area contributed by atoms with E-state index in [-0.39, 0.29) is 18.6 Å². The number of thiazole rings is 1. The van der Waals surface area contributed by atoms with Crippen molar-refractivity contribution >= 4 is 27.5 Å². The molecule has 3 heterocycles. The number of hydrogen-bond donors (Lipinski definition) is 0. The lowest BCUT2D eigenvalue weighted by molar-refractivity contribution is -0.134. The maximum absolute atomic E-state index is 12.9. The van der Waals surface area contributed by atoms with Gasteiger partial charge in [0.05, 0.1) is 16.3 Å². The molecule has 2 aromatic heterocycles. The van der Waals surface area contributed by atoms with Crippen molar-refractivity contribution in [3.05, 3.63) is 77.9 Å². The molecule has 7 heteroatoms. The number of aromatic nitrogens is 2. The van der Waals surface area contributed by atoms with Crippen molar-refractivity contribution in [2.45, 2.75) is 18.9 Å². The van der Waals surface area contributed by atoms with E-state index in [1.165, 1.54) is 0 Å². The molecule has 0 bridgehead atoms. The van der Waals surface area contributed by atoms with Crippen LogP contribution in [0.2, 0.25) is 0 Å². The number of rotatable bonds is 6. The summed E-state index contributed by atoms with van der Waals surface area (Å²) in [5.41, 5.74) is 0.992. The predicted octanol–water partition coefficient (Wildman–Crippen LogP) is 5.23. The van der Waals surface area contributed by atoms with Gasteiger partial charge in [-0.1, -0.05) is 18.2 Å². The van der Waals surface area contributed by atoms with Crippen LogP contribution in [-0.2, 0) is 4.79 Å². The van der Waals surface area contributed by atoms with Gasteiger partial charge >= 0.3 is 0 Å². The number of hydrogen-bond acceptors (Lipinski definition) is 6. The number of ether oxygens (including phenoxy) is 2. The highest BCUT2D eigenvalue weighted by molar-refractivity contribution is 7.18. The third-order valence-corrected chi connectivity index (χ3v) is 6.35. The zero-order valence-electron chi connectivity index (χ0n) is 16.8. The van der Waals surface area contributed by atoms with Gasteiger partial charge in [-0.15, -0.1) is 11.3 Å². The lowest BCUT2D eigenvalue weighted by atomic mass is 10.2. The molecule has 1 aliphatic rings. The summed E-state index contributed by atoms with van der Waals surface area (Å²) in [5, 5.41) is 1.00. The maximum atomic E-state index is 12.9. The summed E-state index contributed by atoms with van der Waals surface area (Å²) in [7, 11) is 0. The van der Waals surface area contributed by atoms with Gasteiger partial charge < -0.3 is 14.4 Å². The normalized spacial score (nSPS) is 15.9. The second kappa shape index (κ2) is 8.73. The van der Waals surface area contributed by atoms with E-state index < -0.39 is 0 Å². The van der Waals surface area contributed by atoms with Crippen LogP contribution >= 0.6 is 11.3 Å². The van der Waals surface area contributed by atoms with Crippen LogP contribution in [-0.4, -0.2) is 33.9 Å². The number of nitrogens with zero attached hydrogens (tertiary/aromatic N) is 3. The number of likely N-dealkylation sites (tertiary alicyclic amines) is 1. The van der Waals surface area contributed by atoms with Crippen molar-refractivity contribution in [1.82, 2.24) is 14.9 Å². The molecule has 0 N–H and O–H groups in total. The van der Waals surface area contributed by atoms with Crippen molar-refractivity contribution in [1.29, 1.82) is 0 Å². The fourth-order valence-corrected chi connectivity index (χ4v) is 4.83. The topological polar surface area (TPSA) is 64.6 Å². The molecule has 156 valence electrons. The van der Waals surface area contributed by atoms with E-state index in [0.29, 0.717) is 17.4 Å². The van der Waals surface area contributed by atoms with Gasteiger partial charge in [0.1, 0.15) is 16.5 Å². The lowest BCUT2D eigenvalue weighted by Crippen LogP contribution is -2.34. The SMILES string of the molecule is O=C(COc1ccc(Oc2ccccn2)cc1)N1CCCC1c1nc2ccccc2s1. The van der Waals surface area contributed by atoms with Gasteiger partial charge in [0.15, 0.2) is 6.61 Å². The van der Waals surface area contributed by atoms with Crippen LogP contribution in [0.4, 0.5) is 0 Å². The van der Waals surface area contributed by atoms with Gasteiger partial charge in [0, 0.05) is 18.8 Å². The Morgan fingerprint density at radius 1 is 1.03 bits per heavy atom. The highest BCUT2D eigenvalue weighted by atomic mass is 32.1. The molecular weight excluding hydrogens is 410 g/mol. The molecule has 2 aromatic carbocycles. The van der Waals surface area contributed by atoms with Gasteiger partial charge in [-0.3, -0.25) is 4.79 Å².